The third-order valence-corrected chi connectivity index (χ3v) is 6.03. The number of rotatable bonds is 5. The van der Waals surface area contributed by atoms with Crippen molar-refractivity contribution in [1.82, 2.24) is 9.71 Å². The summed E-state index contributed by atoms with van der Waals surface area (Å²) in [4.78, 5) is 16.8. The van der Waals surface area contributed by atoms with E-state index in [-0.39, 0.29) is 4.90 Å². The predicted molar refractivity (Wildman–Crippen MR) is 99.2 cm³/mol. The molecule has 2 N–H and O–H groups in total. The van der Waals surface area contributed by atoms with Gasteiger partial charge in [-0.25, -0.2) is 13.4 Å². The molecule has 8 heteroatoms. The number of carbonyl (C=O) groups is 1. The van der Waals surface area contributed by atoms with Gasteiger partial charge < -0.3 is 5.32 Å². The minimum Gasteiger partial charge on any atom is -0.325 e. The lowest BCUT2D eigenvalue weighted by atomic mass is 10.2. The van der Waals surface area contributed by atoms with Gasteiger partial charge in [0.2, 0.25) is 15.9 Å². The summed E-state index contributed by atoms with van der Waals surface area (Å²) in [5.74, 6) is -0.430. The molecule has 0 saturated heterocycles. The maximum Gasteiger partial charge on any atom is 0.242 e. The fraction of sp³-hybridized carbons (Fsp3) is 0.176. The Labute approximate surface area is 150 Å². The third kappa shape index (κ3) is 4.04. The number of fused-ring (bicyclic) bond motifs is 1. The first kappa shape index (κ1) is 17.5. The Morgan fingerprint density at radius 3 is 2.60 bits per heavy atom. The average Bonchev–Trinajstić information content (AvgIpc) is 2.94. The fourth-order valence-electron chi connectivity index (χ4n) is 2.32. The van der Waals surface area contributed by atoms with E-state index in [1.54, 1.807) is 24.3 Å². The molecule has 0 aliphatic carbocycles. The van der Waals surface area contributed by atoms with E-state index in [9.17, 15) is 13.2 Å². The zero-order valence-corrected chi connectivity index (χ0v) is 15.3. The number of sulfonamides is 1. The van der Waals surface area contributed by atoms with E-state index in [1.165, 1.54) is 30.4 Å². The van der Waals surface area contributed by atoms with Gasteiger partial charge in [0.1, 0.15) is 0 Å². The van der Waals surface area contributed by atoms with Gasteiger partial charge in [0.15, 0.2) is 0 Å². The van der Waals surface area contributed by atoms with Gasteiger partial charge in [-0.1, -0.05) is 18.2 Å². The number of hydrogen-bond acceptors (Lipinski definition) is 5. The number of thiazole rings is 1. The van der Waals surface area contributed by atoms with Crippen molar-refractivity contribution in [2.45, 2.75) is 24.8 Å². The van der Waals surface area contributed by atoms with Gasteiger partial charge in [-0.3, -0.25) is 4.79 Å². The molecule has 0 spiro atoms. The normalized spacial score (nSPS) is 12.9. The summed E-state index contributed by atoms with van der Waals surface area (Å²) in [7, 11) is -3.75. The number of aromatic nitrogens is 1. The Kier molecular flexibility index (Phi) is 4.85. The quantitative estimate of drug-likeness (QED) is 0.718. The molecular formula is C17H17N3O3S2. The molecule has 6 nitrogen and oxygen atoms in total. The fourth-order valence-corrected chi connectivity index (χ4v) is 4.41. The highest BCUT2D eigenvalue weighted by molar-refractivity contribution is 7.89. The topological polar surface area (TPSA) is 88.2 Å². The summed E-state index contributed by atoms with van der Waals surface area (Å²) < 4.78 is 27.9. The van der Waals surface area contributed by atoms with Gasteiger partial charge in [0, 0.05) is 5.69 Å². The van der Waals surface area contributed by atoms with E-state index < -0.39 is 22.0 Å². The molecule has 1 unspecified atom stereocenters. The molecule has 130 valence electrons. The lowest BCUT2D eigenvalue weighted by Gasteiger charge is -2.14. The van der Waals surface area contributed by atoms with Crippen LogP contribution in [-0.2, 0) is 14.8 Å². The SMILES string of the molecule is Cc1nc2ccc(NC(=O)C(C)NS(=O)(=O)c3ccccc3)cc2s1. The molecule has 0 fully saturated rings. The summed E-state index contributed by atoms with van der Waals surface area (Å²) in [5, 5.41) is 3.68. The number of carbonyl (C=O) groups excluding carboxylic acids is 1. The Morgan fingerprint density at radius 1 is 1.16 bits per heavy atom. The van der Waals surface area contributed by atoms with Crippen LogP contribution in [0.25, 0.3) is 10.2 Å². The summed E-state index contributed by atoms with van der Waals surface area (Å²) >= 11 is 1.54. The monoisotopic (exact) mass is 375 g/mol. The second-order valence-corrected chi connectivity index (χ2v) is 8.51. The van der Waals surface area contributed by atoms with Crippen molar-refractivity contribution < 1.29 is 13.2 Å². The highest BCUT2D eigenvalue weighted by atomic mass is 32.2. The maximum absolute atomic E-state index is 12.3. The minimum absolute atomic E-state index is 0.121. The van der Waals surface area contributed by atoms with Crippen molar-refractivity contribution in [3.05, 3.63) is 53.5 Å². The molecule has 2 aromatic carbocycles. The van der Waals surface area contributed by atoms with Gasteiger partial charge in [0.05, 0.1) is 26.2 Å². The van der Waals surface area contributed by atoms with E-state index in [4.69, 9.17) is 0 Å². The molecule has 1 amide bonds. The van der Waals surface area contributed by atoms with Gasteiger partial charge >= 0.3 is 0 Å². The molecule has 0 aliphatic heterocycles. The molecule has 25 heavy (non-hydrogen) atoms. The summed E-state index contributed by atoms with van der Waals surface area (Å²) in [6.45, 7) is 3.43. The smallest absolute Gasteiger partial charge is 0.242 e. The second kappa shape index (κ2) is 6.91. The number of anilines is 1. The summed E-state index contributed by atoms with van der Waals surface area (Å²) in [6.07, 6.45) is 0. The maximum atomic E-state index is 12.3. The largest absolute Gasteiger partial charge is 0.325 e. The van der Waals surface area contributed by atoms with E-state index in [0.717, 1.165) is 15.2 Å². The van der Waals surface area contributed by atoms with Crippen molar-refractivity contribution in [3.63, 3.8) is 0 Å². The van der Waals surface area contributed by atoms with Crippen molar-refractivity contribution in [2.75, 3.05) is 5.32 Å². The standard InChI is InChI=1S/C17H17N3O3S2/c1-11(20-25(22,23)14-6-4-3-5-7-14)17(21)19-13-8-9-15-16(10-13)24-12(2)18-15/h3-11,20H,1-2H3,(H,19,21). The third-order valence-electron chi connectivity index (χ3n) is 3.54. The number of nitrogens with zero attached hydrogens (tertiary/aromatic N) is 1. The molecule has 3 aromatic rings. The van der Waals surface area contributed by atoms with E-state index in [0.29, 0.717) is 5.69 Å². The van der Waals surface area contributed by atoms with Crippen LogP contribution in [-0.4, -0.2) is 25.4 Å². The number of hydrogen-bond donors (Lipinski definition) is 2. The predicted octanol–water partition coefficient (Wildman–Crippen LogP) is 2.91. The van der Waals surface area contributed by atoms with E-state index in [1.807, 2.05) is 19.1 Å². The van der Waals surface area contributed by atoms with Crippen LogP contribution in [0.2, 0.25) is 0 Å². The Balaban J connectivity index is 1.71. The van der Waals surface area contributed by atoms with Crippen LogP contribution in [0.4, 0.5) is 5.69 Å². The first-order chi connectivity index (χ1) is 11.8. The second-order valence-electron chi connectivity index (χ2n) is 5.56. The Morgan fingerprint density at radius 2 is 1.88 bits per heavy atom. The van der Waals surface area contributed by atoms with E-state index in [2.05, 4.69) is 15.0 Å². The molecule has 0 aliphatic rings. The molecule has 1 aromatic heterocycles. The number of benzene rings is 2. The van der Waals surface area contributed by atoms with Crippen LogP contribution >= 0.6 is 11.3 Å². The first-order valence-electron chi connectivity index (χ1n) is 7.60. The van der Waals surface area contributed by atoms with Crippen molar-refractivity contribution in [3.8, 4) is 0 Å². The first-order valence-corrected chi connectivity index (χ1v) is 9.90. The van der Waals surface area contributed by atoms with Gasteiger partial charge in [0.25, 0.3) is 0 Å². The number of amides is 1. The molecule has 0 bridgehead atoms. The molecule has 1 atom stereocenters. The van der Waals surface area contributed by atoms with Crippen LogP contribution < -0.4 is 10.0 Å². The van der Waals surface area contributed by atoms with Gasteiger partial charge in [-0.2, -0.15) is 4.72 Å². The Bertz CT molecular complexity index is 1010. The molecule has 1 heterocycles. The highest BCUT2D eigenvalue weighted by Gasteiger charge is 2.22. The highest BCUT2D eigenvalue weighted by Crippen LogP contribution is 2.24. The zero-order valence-electron chi connectivity index (χ0n) is 13.7. The van der Waals surface area contributed by atoms with Crippen LogP contribution in [0.1, 0.15) is 11.9 Å². The van der Waals surface area contributed by atoms with Crippen LogP contribution in [0.5, 0.6) is 0 Å². The van der Waals surface area contributed by atoms with Gasteiger partial charge in [-0.15, -0.1) is 11.3 Å². The lowest BCUT2D eigenvalue weighted by molar-refractivity contribution is -0.117. The minimum atomic E-state index is -3.75. The number of nitrogens with one attached hydrogen (secondary N) is 2. The Hall–Kier alpha value is -2.29. The van der Waals surface area contributed by atoms with Crippen molar-refractivity contribution >= 4 is 43.2 Å². The van der Waals surface area contributed by atoms with Crippen LogP contribution in [0, 0.1) is 6.92 Å². The number of aryl methyl sites for hydroxylation is 1. The lowest BCUT2D eigenvalue weighted by Crippen LogP contribution is -2.41. The molecule has 3 rings (SSSR count). The van der Waals surface area contributed by atoms with Gasteiger partial charge in [-0.05, 0) is 44.2 Å². The summed E-state index contributed by atoms with van der Waals surface area (Å²) in [6, 6.07) is 12.4. The van der Waals surface area contributed by atoms with Crippen molar-refractivity contribution in [1.29, 1.82) is 0 Å². The van der Waals surface area contributed by atoms with Crippen LogP contribution in [0.3, 0.4) is 0 Å². The summed E-state index contributed by atoms with van der Waals surface area (Å²) in [5.41, 5.74) is 1.48. The van der Waals surface area contributed by atoms with Crippen molar-refractivity contribution in [2.24, 2.45) is 0 Å². The van der Waals surface area contributed by atoms with E-state index >= 15 is 0 Å². The molecule has 0 radical (unpaired) electrons. The zero-order chi connectivity index (χ0) is 18.0. The molecule has 0 saturated carbocycles. The van der Waals surface area contributed by atoms with Crippen LogP contribution in [0.15, 0.2) is 53.4 Å². The molecular weight excluding hydrogens is 358 g/mol. The average molecular weight is 375 g/mol.